The van der Waals surface area contributed by atoms with Gasteiger partial charge in [0.1, 0.15) is 0 Å². The van der Waals surface area contributed by atoms with E-state index in [1.165, 1.54) is 0 Å². The third-order valence-electron chi connectivity index (χ3n) is 5.62. The van der Waals surface area contributed by atoms with Crippen LogP contribution < -0.4 is 5.32 Å². The minimum atomic E-state index is -0.135. The zero-order valence-corrected chi connectivity index (χ0v) is 19.4. The minimum Gasteiger partial charge on any atom is -0.322 e. The highest BCUT2D eigenvalue weighted by Gasteiger charge is 2.11. The third kappa shape index (κ3) is 4.92. The predicted molar refractivity (Wildman–Crippen MR) is 137 cm³/mol. The number of aryl methyl sites for hydroxylation is 1. The lowest BCUT2D eigenvalue weighted by Gasteiger charge is -2.10. The van der Waals surface area contributed by atoms with E-state index in [1.54, 1.807) is 29.9 Å². The highest BCUT2D eigenvalue weighted by Crippen LogP contribution is 2.25. The molecule has 5 nitrogen and oxygen atoms in total. The molecule has 1 N–H and O–H groups in total. The molecule has 5 aromatic rings. The predicted octanol–water partition coefficient (Wildman–Crippen LogP) is 6.42. The van der Waals surface area contributed by atoms with Gasteiger partial charge < -0.3 is 5.32 Å². The minimum absolute atomic E-state index is 0.135. The van der Waals surface area contributed by atoms with Gasteiger partial charge in [-0.1, -0.05) is 18.2 Å². The van der Waals surface area contributed by atoms with Crippen LogP contribution >= 0.6 is 11.3 Å². The molecule has 0 atom stereocenters. The first-order valence-electron chi connectivity index (χ1n) is 10.9. The smallest absolute Gasteiger partial charge is 0.255 e. The molecule has 34 heavy (non-hydrogen) atoms. The van der Waals surface area contributed by atoms with Crippen LogP contribution in [0.4, 0.5) is 5.69 Å². The summed E-state index contributed by atoms with van der Waals surface area (Å²) in [5.41, 5.74) is 7.75. The number of nitrogens with one attached hydrogen (secondary N) is 1. The molecule has 0 aliphatic carbocycles. The van der Waals surface area contributed by atoms with Crippen LogP contribution in [0.5, 0.6) is 0 Å². The zero-order chi connectivity index (χ0) is 23.3. The lowest BCUT2D eigenvalue weighted by atomic mass is 10.0. The second-order valence-electron chi connectivity index (χ2n) is 7.95. The maximum atomic E-state index is 12.8. The summed E-state index contributed by atoms with van der Waals surface area (Å²) in [6.45, 7) is 2.08. The molecule has 1 amide bonds. The summed E-state index contributed by atoms with van der Waals surface area (Å²) in [5.74, 6) is -0.135. The average Bonchev–Trinajstić information content (AvgIpc) is 3.36. The second-order valence-corrected chi connectivity index (χ2v) is 8.90. The maximum absolute atomic E-state index is 12.8. The lowest BCUT2D eigenvalue weighted by molar-refractivity contribution is 0.102. The summed E-state index contributed by atoms with van der Waals surface area (Å²) in [5, 5.41) is 6.11. The molecule has 0 saturated carbocycles. The fourth-order valence-electron chi connectivity index (χ4n) is 3.70. The molecule has 3 aromatic heterocycles. The van der Waals surface area contributed by atoms with Crippen molar-refractivity contribution in [3.05, 3.63) is 119 Å². The van der Waals surface area contributed by atoms with E-state index in [9.17, 15) is 4.79 Å². The molecule has 0 aliphatic heterocycles. The molecule has 0 unspecified atom stereocenters. The standard InChI is InChI=1S/C28H22N4OS/c1-19-4-9-25(15-24(19)16-27-32-26(18-34-27)23-3-2-12-30-17-23)31-28(33)22-7-5-20(6-8-22)21-10-13-29-14-11-21/h2-15,17-18H,16H2,1H3,(H,31,33). The molecule has 5 rings (SSSR count). The van der Waals surface area contributed by atoms with Crippen molar-refractivity contribution in [2.75, 3.05) is 5.32 Å². The van der Waals surface area contributed by atoms with E-state index in [1.807, 2.05) is 72.9 Å². The summed E-state index contributed by atoms with van der Waals surface area (Å²) in [4.78, 5) is 25.8. The van der Waals surface area contributed by atoms with Crippen molar-refractivity contribution in [1.29, 1.82) is 0 Å². The zero-order valence-electron chi connectivity index (χ0n) is 18.6. The molecule has 0 spiro atoms. The van der Waals surface area contributed by atoms with Gasteiger partial charge in [-0.3, -0.25) is 14.8 Å². The molecule has 0 saturated heterocycles. The van der Waals surface area contributed by atoms with E-state index in [-0.39, 0.29) is 5.91 Å². The third-order valence-corrected chi connectivity index (χ3v) is 6.47. The van der Waals surface area contributed by atoms with Crippen LogP contribution in [0, 0.1) is 6.92 Å². The summed E-state index contributed by atoms with van der Waals surface area (Å²) >= 11 is 1.63. The maximum Gasteiger partial charge on any atom is 0.255 e. The van der Waals surface area contributed by atoms with Crippen LogP contribution in [-0.2, 0) is 6.42 Å². The van der Waals surface area contributed by atoms with Crippen molar-refractivity contribution in [1.82, 2.24) is 15.0 Å². The monoisotopic (exact) mass is 462 g/mol. The van der Waals surface area contributed by atoms with E-state index >= 15 is 0 Å². The van der Waals surface area contributed by atoms with Gasteiger partial charge in [0.05, 0.1) is 10.7 Å². The number of pyridine rings is 2. The van der Waals surface area contributed by atoms with E-state index in [4.69, 9.17) is 4.98 Å². The Morgan fingerprint density at radius 1 is 0.882 bits per heavy atom. The Morgan fingerprint density at radius 2 is 1.68 bits per heavy atom. The Balaban J connectivity index is 1.29. The first-order valence-corrected chi connectivity index (χ1v) is 11.8. The van der Waals surface area contributed by atoms with E-state index in [0.29, 0.717) is 12.0 Å². The highest BCUT2D eigenvalue weighted by atomic mass is 32.1. The Kier molecular flexibility index (Phi) is 6.23. The SMILES string of the molecule is Cc1ccc(NC(=O)c2ccc(-c3ccncc3)cc2)cc1Cc1nc(-c2cccnc2)cs1. The van der Waals surface area contributed by atoms with Crippen molar-refractivity contribution >= 4 is 22.9 Å². The van der Waals surface area contributed by atoms with Crippen LogP contribution in [0.15, 0.2) is 96.9 Å². The topological polar surface area (TPSA) is 67.8 Å². The average molecular weight is 463 g/mol. The van der Waals surface area contributed by atoms with Gasteiger partial charge in [-0.2, -0.15) is 0 Å². The number of thiazole rings is 1. The lowest BCUT2D eigenvalue weighted by Crippen LogP contribution is -2.12. The number of amides is 1. The number of nitrogens with zero attached hydrogens (tertiary/aromatic N) is 3. The summed E-state index contributed by atoms with van der Waals surface area (Å²) in [7, 11) is 0. The highest BCUT2D eigenvalue weighted by molar-refractivity contribution is 7.10. The van der Waals surface area contributed by atoms with Gasteiger partial charge in [-0.05, 0) is 77.7 Å². The van der Waals surface area contributed by atoms with Gasteiger partial charge >= 0.3 is 0 Å². The number of carbonyl (C=O) groups is 1. The molecular weight excluding hydrogens is 440 g/mol. The van der Waals surface area contributed by atoms with Crippen molar-refractivity contribution < 1.29 is 4.79 Å². The van der Waals surface area contributed by atoms with Gasteiger partial charge in [0.2, 0.25) is 0 Å². The fraction of sp³-hybridized carbons (Fsp3) is 0.0714. The number of carbonyl (C=O) groups excluding carboxylic acids is 1. The van der Waals surface area contributed by atoms with Crippen LogP contribution in [0.2, 0.25) is 0 Å². The van der Waals surface area contributed by atoms with E-state index < -0.39 is 0 Å². The largest absolute Gasteiger partial charge is 0.322 e. The number of hydrogen-bond donors (Lipinski definition) is 1. The van der Waals surface area contributed by atoms with Crippen molar-refractivity contribution in [3.8, 4) is 22.4 Å². The Bertz CT molecular complexity index is 1410. The van der Waals surface area contributed by atoms with Gasteiger partial charge in [0, 0.05) is 53.4 Å². The van der Waals surface area contributed by atoms with Gasteiger partial charge in [-0.15, -0.1) is 11.3 Å². The number of anilines is 1. The number of hydrogen-bond acceptors (Lipinski definition) is 5. The number of benzene rings is 2. The summed E-state index contributed by atoms with van der Waals surface area (Å²) < 4.78 is 0. The molecule has 0 fully saturated rings. The summed E-state index contributed by atoms with van der Waals surface area (Å²) in [6, 6.07) is 21.4. The Hall–Kier alpha value is -4.16. The van der Waals surface area contributed by atoms with Crippen molar-refractivity contribution in [2.24, 2.45) is 0 Å². The first kappa shape index (κ1) is 21.7. The molecule has 166 valence electrons. The first-order chi connectivity index (χ1) is 16.7. The molecule has 0 bridgehead atoms. The molecular formula is C28H22N4OS. The quantitative estimate of drug-likeness (QED) is 0.316. The summed E-state index contributed by atoms with van der Waals surface area (Å²) in [6.07, 6.45) is 7.81. The number of aromatic nitrogens is 3. The molecule has 3 heterocycles. The molecule has 0 aliphatic rings. The number of rotatable bonds is 6. The van der Waals surface area contributed by atoms with Crippen LogP contribution in [-0.4, -0.2) is 20.9 Å². The van der Waals surface area contributed by atoms with E-state index in [2.05, 4.69) is 27.6 Å². The molecule has 6 heteroatoms. The van der Waals surface area contributed by atoms with E-state index in [0.717, 1.165) is 44.2 Å². The van der Waals surface area contributed by atoms with Crippen LogP contribution in [0.25, 0.3) is 22.4 Å². The normalized spacial score (nSPS) is 10.7. The van der Waals surface area contributed by atoms with Crippen LogP contribution in [0.3, 0.4) is 0 Å². The van der Waals surface area contributed by atoms with Crippen LogP contribution in [0.1, 0.15) is 26.5 Å². The van der Waals surface area contributed by atoms with Crippen molar-refractivity contribution in [3.63, 3.8) is 0 Å². The molecule has 2 aromatic carbocycles. The second kappa shape index (κ2) is 9.77. The Labute approximate surface area is 202 Å². The molecule has 0 radical (unpaired) electrons. The van der Waals surface area contributed by atoms with Gasteiger partial charge in [0.15, 0.2) is 0 Å². The van der Waals surface area contributed by atoms with Crippen molar-refractivity contribution in [2.45, 2.75) is 13.3 Å². The fourth-order valence-corrected chi connectivity index (χ4v) is 4.53. The van der Waals surface area contributed by atoms with Gasteiger partial charge in [0.25, 0.3) is 5.91 Å². The Morgan fingerprint density at radius 3 is 2.44 bits per heavy atom. The van der Waals surface area contributed by atoms with Gasteiger partial charge in [-0.25, -0.2) is 4.98 Å².